The van der Waals surface area contributed by atoms with E-state index in [1.807, 2.05) is 0 Å². The van der Waals surface area contributed by atoms with Gasteiger partial charge in [0.25, 0.3) is 0 Å². The Labute approximate surface area is 104 Å². The van der Waals surface area contributed by atoms with Gasteiger partial charge in [0.1, 0.15) is 0 Å². The molecule has 0 spiro atoms. The number of likely N-dealkylation sites (N-methyl/N-ethyl adjacent to an activating group) is 1. The summed E-state index contributed by atoms with van der Waals surface area (Å²) in [7, 11) is 1.66. The lowest BCUT2D eigenvalue weighted by atomic mass is 10.2. The van der Waals surface area contributed by atoms with E-state index in [1.165, 1.54) is 12.1 Å². The van der Waals surface area contributed by atoms with E-state index >= 15 is 0 Å². The summed E-state index contributed by atoms with van der Waals surface area (Å²) in [6.45, 7) is 1.70. The lowest BCUT2D eigenvalue weighted by Crippen LogP contribution is -2.35. The summed E-state index contributed by atoms with van der Waals surface area (Å²) in [5, 5.41) is 14.4. The van der Waals surface area contributed by atoms with Crippen LogP contribution in [0.3, 0.4) is 0 Å². The van der Waals surface area contributed by atoms with E-state index in [9.17, 15) is 9.59 Å². The molecule has 0 radical (unpaired) electrons. The SMILES string of the molecule is CNC(C)C(=O)Nc1ccc(Cl)c(C(=O)O)c1. The molecule has 1 atom stereocenters. The highest BCUT2D eigenvalue weighted by Crippen LogP contribution is 2.20. The van der Waals surface area contributed by atoms with Crippen molar-refractivity contribution in [2.24, 2.45) is 0 Å². The van der Waals surface area contributed by atoms with Crippen molar-refractivity contribution in [3.8, 4) is 0 Å². The molecule has 0 aliphatic carbocycles. The number of benzene rings is 1. The average molecular weight is 257 g/mol. The number of hydrogen-bond acceptors (Lipinski definition) is 3. The number of carbonyl (C=O) groups is 2. The molecule has 0 bridgehead atoms. The Morgan fingerprint density at radius 2 is 2.06 bits per heavy atom. The predicted molar refractivity (Wildman–Crippen MR) is 65.6 cm³/mol. The maximum Gasteiger partial charge on any atom is 0.337 e. The number of amides is 1. The van der Waals surface area contributed by atoms with Crippen molar-refractivity contribution >= 4 is 29.2 Å². The third kappa shape index (κ3) is 3.44. The summed E-state index contributed by atoms with van der Waals surface area (Å²) in [6, 6.07) is 3.95. The molecule has 0 saturated heterocycles. The highest BCUT2D eigenvalue weighted by molar-refractivity contribution is 6.33. The van der Waals surface area contributed by atoms with Gasteiger partial charge in [0.05, 0.1) is 16.6 Å². The zero-order chi connectivity index (χ0) is 13.0. The Hall–Kier alpha value is -1.59. The molecule has 3 N–H and O–H groups in total. The summed E-state index contributed by atoms with van der Waals surface area (Å²) in [5.41, 5.74) is 0.362. The van der Waals surface area contributed by atoms with Crippen molar-refractivity contribution in [2.75, 3.05) is 12.4 Å². The van der Waals surface area contributed by atoms with Gasteiger partial charge in [-0.1, -0.05) is 11.6 Å². The van der Waals surface area contributed by atoms with Crippen molar-refractivity contribution in [3.05, 3.63) is 28.8 Å². The number of rotatable bonds is 4. The Kier molecular flexibility index (Phi) is 4.48. The van der Waals surface area contributed by atoms with Crippen molar-refractivity contribution in [1.29, 1.82) is 0 Å². The Morgan fingerprint density at radius 3 is 2.59 bits per heavy atom. The third-order valence-corrected chi connectivity index (χ3v) is 2.62. The normalized spacial score (nSPS) is 11.9. The maximum atomic E-state index is 11.6. The number of carboxylic acid groups (broad SMARTS) is 1. The van der Waals surface area contributed by atoms with Crippen molar-refractivity contribution in [1.82, 2.24) is 5.32 Å². The fourth-order valence-corrected chi connectivity index (χ4v) is 1.35. The fraction of sp³-hybridized carbons (Fsp3) is 0.273. The quantitative estimate of drug-likeness (QED) is 0.764. The minimum Gasteiger partial charge on any atom is -0.478 e. The largest absolute Gasteiger partial charge is 0.478 e. The Morgan fingerprint density at radius 1 is 1.41 bits per heavy atom. The van der Waals surface area contributed by atoms with E-state index in [-0.39, 0.29) is 22.5 Å². The predicted octanol–water partition coefficient (Wildman–Crippen LogP) is 1.58. The summed E-state index contributed by atoms with van der Waals surface area (Å²) in [5.74, 6) is -1.38. The topological polar surface area (TPSA) is 78.4 Å². The number of anilines is 1. The lowest BCUT2D eigenvalue weighted by Gasteiger charge is -2.11. The van der Waals surface area contributed by atoms with Crippen LogP contribution in [0.1, 0.15) is 17.3 Å². The molecule has 1 aromatic carbocycles. The number of carbonyl (C=O) groups excluding carboxylic acids is 1. The molecule has 17 heavy (non-hydrogen) atoms. The van der Waals surface area contributed by atoms with E-state index in [0.29, 0.717) is 5.69 Å². The first-order chi connectivity index (χ1) is 7.95. The molecule has 1 rings (SSSR count). The highest BCUT2D eigenvalue weighted by Gasteiger charge is 2.13. The third-order valence-electron chi connectivity index (χ3n) is 2.29. The van der Waals surface area contributed by atoms with Gasteiger partial charge in [0, 0.05) is 5.69 Å². The molecule has 0 aromatic heterocycles. The molecule has 0 aliphatic rings. The van der Waals surface area contributed by atoms with Crippen molar-refractivity contribution < 1.29 is 14.7 Å². The fourth-order valence-electron chi connectivity index (χ4n) is 1.15. The second-order valence-electron chi connectivity index (χ2n) is 3.50. The molecular weight excluding hydrogens is 244 g/mol. The van der Waals surface area contributed by atoms with Crippen LogP contribution >= 0.6 is 11.6 Å². The molecule has 0 fully saturated rings. The average Bonchev–Trinajstić information content (AvgIpc) is 2.30. The number of nitrogens with one attached hydrogen (secondary N) is 2. The van der Waals surface area contributed by atoms with Crippen LogP contribution in [-0.4, -0.2) is 30.1 Å². The minimum atomic E-state index is -1.13. The van der Waals surface area contributed by atoms with E-state index in [2.05, 4.69) is 10.6 Å². The first kappa shape index (κ1) is 13.5. The minimum absolute atomic E-state index is 0.0402. The van der Waals surface area contributed by atoms with Crippen LogP contribution in [0.25, 0.3) is 0 Å². The van der Waals surface area contributed by atoms with Gasteiger partial charge in [-0.15, -0.1) is 0 Å². The van der Waals surface area contributed by atoms with Crippen LogP contribution in [0.5, 0.6) is 0 Å². The monoisotopic (exact) mass is 256 g/mol. The first-order valence-corrected chi connectivity index (χ1v) is 5.34. The summed E-state index contributed by atoms with van der Waals surface area (Å²) >= 11 is 5.71. The van der Waals surface area contributed by atoms with Gasteiger partial charge >= 0.3 is 5.97 Å². The van der Waals surface area contributed by atoms with Gasteiger partial charge in [-0.25, -0.2) is 4.79 Å². The van der Waals surface area contributed by atoms with Gasteiger partial charge in [0.15, 0.2) is 0 Å². The second-order valence-corrected chi connectivity index (χ2v) is 3.91. The van der Waals surface area contributed by atoms with E-state index in [0.717, 1.165) is 0 Å². The zero-order valence-corrected chi connectivity index (χ0v) is 10.2. The molecule has 5 nitrogen and oxygen atoms in total. The summed E-state index contributed by atoms with van der Waals surface area (Å²) in [4.78, 5) is 22.4. The van der Waals surface area contributed by atoms with Crippen LogP contribution in [0, 0.1) is 0 Å². The second kappa shape index (κ2) is 5.65. The Balaban J connectivity index is 2.90. The Bertz CT molecular complexity index is 448. The van der Waals surface area contributed by atoms with Crippen molar-refractivity contribution in [3.63, 3.8) is 0 Å². The molecule has 0 saturated carbocycles. The van der Waals surface area contributed by atoms with Crippen LogP contribution in [-0.2, 0) is 4.79 Å². The van der Waals surface area contributed by atoms with Gasteiger partial charge in [0.2, 0.25) is 5.91 Å². The van der Waals surface area contributed by atoms with Gasteiger partial charge in [-0.3, -0.25) is 4.79 Å². The van der Waals surface area contributed by atoms with Crippen LogP contribution in [0.15, 0.2) is 18.2 Å². The van der Waals surface area contributed by atoms with Crippen molar-refractivity contribution in [2.45, 2.75) is 13.0 Å². The molecule has 0 heterocycles. The molecule has 1 unspecified atom stereocenters. The van der Waals surface area contributed by atoms with E-state index in [1.54, 1.807) is 20.0 Å². The lowest BCUT2D eigenvalue weighted by molar-refractivity contribution is -0.117. The smallest absolute Gasteiger partial charge is 0.337 e. The maximum absolute atomic E-state index is 11.6. The number of aromatic carboxylic acids is 1. The molecular formula is C11H13ClN2O3. The van der Waals surface area contributed by atoms with Crippen LogP contribution in [0.4, 0.5) is 5.69 Å². The van der Waals surface area contributed by atoms with Gasteiger partial charge in [-0.2, -0.15) is 0 Å². The molecule has 92 valence electrons. The van der Waals surface area contributed by atoms with Gasteiger partial charge in [-0.05, 0) is 32.2 Å². The molecule has 6 heteroatoms. The van der Waals surface area contributed by atoms with E-state index < -0.39 is 5.97 Å². The standard InChI is InChI=1S/C11H13ClN2O3/c1-6(13-2)10(15)14-7-3-4-9(12)8(5-7)11(16)17/h3-6,13H,1-2H3,(H,14,15)(H,16,17). The number of halogens is 1. The molecule has 1 aromatic rings. The summed E-state index contributed by atoms with van der Waals surface area (Å²) < 4.78 is 0. The highest BCUT2D eigenvalue weighted by atomic mass is 35.5. The molecule has 1 amide bonds. The van der Waals surface area contributed by atoms with E-state index in [4.69, 9.17) is 16.7 Å². The van der Waals surface area contributed by atoms with Gasteiger partial charge < -0.3 is 15.7 Å². The number of carboxylic acids is 1. The number of hydrogen-bond donors (Lipinski definition) is 3. The van der Waals surface area contributed by atoms with Crippen LogP contribution in [0.2, 0.25) is 5.02 Å². The summed E-state index contributed by atoms with van der Waals surface area (Å²) in [6.07, 6.45) is 0. The molecule has 0 aliphatic heterocycles. The first-order valence-electron chi connectivity index (χ1n) is 4.96. The zero-order valence-electron chi connectivity index (χ0n) is 9.45. The van der Waals surface area contributed by atoms with Crippen LogP contribution < -0.4 is 10.6 Å².